The third-order valence-electron chi connectivity index (χ3n) is 4.73. The number of halogens is 6. The molecule has 0 bridgehead atoms. The molecule has 0 saturated carbocycles. The zero-order chi connectivity index (χ0) is 20.4. The van der Waals surface area contributed by atoms with Crippen LogP contribution in [0.3, 0.4) is 0 Å². The number of aliphatic hydroxyl groups is 2. The standard InChI is InChI=1S/C18H14F6O3/c1-16(2)11-3-4-12(27-10-6-8(19)5-9(20)7-10)13(15(21)22)14(11)17(25,26)18(16,23)24/h3-7,15,25-26H,1-2H3. The van der Waals surface area contributed by atoms with Gasteiger partial charge in [0.2, 0.25) is 0 Å². The summed E-state index contributed by atoms with van der Waals surface area (Å²) in [5, 5.41) is 20.0. The number of hydrogen-bond acceptors (Lipinski definition) is 3. The second kappa shape index (κ2) is 5.87. The van der Waals surface area contributed by atoms with Crippen molar-refractivity contribution < 1.29 is 41.3 Å². The molecule has 0 atom stereocenters. The highest BCUT2D eigenvalue weighted by Gasteiger charge is 2.70. The van der Waals surface area contributed by atoms with Gasteiger partial charge in [0.25, 0.3) is 12.2 Å². The number of rotatable bonds is 3. The predicted octanol–water partition coefficient (Wildman–Crippen LogP) is 4.76. The Balaban J connectivity index is 2.23. The Morgan fingerprint density at radius 3 is 2.04 bits per heavy atom. The summed E-state index contributed by atoms with van der Waals surface area (Å²) in [7, 11) is 0. The lowest BCUT2D eigenvalue weighted by atomic mass is 9.83. The van der Waals surface area contributed by atoms with Gasteiger partial charge in [-0.15, -0.1) is 0 Å². The summed E-state index contributed by atoms with van der Waals surface area (Å²) < 4.78 is 88.1. The molecule has 0 saturated heterocycles. The molecule has 2 N–H and O–H groups in total. The molecule has 2 aromatic carbocycles. The van der Waals surface area contributed by atoms with Crippen molar-refractivity contribution in [1.29, 1.82) is 0 Å². The first kappa shape index (κ1) is 19.5. The second-order valence-electron chi connectivity index (χ2n) is 6.78. The molecule has 3 nitrogen and oxygen atoms in total. The minimum atomic E-state index is -4.18. The van der Waals surface area contributed by atoms with E-state index in [-0.39, 0.29) is 0 Å². The molecular formula is C18H14F6O3. The van der Waals surface area contributed by atoms with Crippen molar-refractivity contribution in [2.45, 2.75) is 37.4 Å². The lowest BCUT2D eigenvalue weighted by Crippen LogP contribution is -2.50. The highest BCUT2D eigenvalue weighted by molar-refractivity contribution is 5.57. The van der Waals surface area contributed by atoms with Crippen molar-refractivity contribution in [3.63, 3.8) is 0 Å². The Morgan fingerprint density at radius 1 is 0.963 bits per heavy atom. The van der Waals surface area contributed by atoms with E-state index in [0.29, 0.717) is 18.2 Å². The van der Waals surface area contributed by atoms with E-state index in [1.807, 2.05) is 0 Å². The predicted molar refractivity (Wildman–Crippen MR) is 81.9 cm³/mol. The van der Waals surface area contributed by atoms with Crippen LogP contribution < -0.4 is 4.74 Å². The van der Waals surface area contributed by atoms with Gasteiger partial charge in [-0.3, -0.25) is 0 Å². The maximum absolute atomic E-state index is 14.5. The smallest absolute Gasteiger partial charge is 0.313 e. The normalized spacial score (nSPS) is 19.2. The van der Waals surface area contributed by atoms with Crippen LogP contribution in [-0.4, -0.2) is 16.1 Å². The Morgan fingerprint density at radius 2 is 1.52 bits per heavy atom. The van der Waals surface area contributed by atoms with Gasteiger partial charge in [0, 0.05) is 23.8 Å². The fourth-order valence-corrected chi connectivity index (χ4v) is 3.28. The fraction of sp³-hybridized carbons (Fsp3) is 0.333. The van der Waals surface area contributed by atoms with Crippen LogP contribution >= 0.6 is 0 Å². The van der Waals surface area contributed by atoms with Crippen molar-refractivity contribution >= 4 is 0 Å². The summed E-state index contributed by atoms with van der Waals surface area (Å²) in [5.74, 6) is -11.4. The molecule has 0 fully saturated rings. The van der Waals surface area contributed by atoms with Gasteiger partial charge in [-0.05, 0) is 25.5 Å². The summed E-state index contributed by atoms with van der Waals surface area (Å²) >= 11 is 0. The average Bonchev–Trinajstić information content (AvgIpc) is 2.61. The third-order valence-corrected chi connectivity index (χ3v) is 4.73. The molecule has 0 unspecified atom stereocenters. The van der Waals surface area contributed by atoms with Crippen LogP contribution in [0, 0.1) is 11.6 Å². The Hall–Kier alpha value is -2.26. The van der Waals surface area contributed by atoms with E-state index < -0.39 is 63.4 Å². The largest absolute Gasteiger partial charge is 0.457 e. The lowest BCUT2D eigenvalue weighted by molar-refractivity contribution is -0.313. The van der Waals surface area contributed by atoms with Gasteiger partial charge >= 0.3 is 5.92 Å². The van der Waals surface area contributed by atoms with Crippen molar-refractivity contribution in [3.05, 3.63) is 58.7 Å². The molecule has 0 aromatic heterocycles. The molecule has 2 aromatic rings. The topological polar surface area (TPSA) is 49.7 Å². The number of fused-ring (bicyclic) bond motifs is 1. The zero-order valence-electron chi connectivity index (χ0n) is 14.0. The van der Waals surface area contributed by atoms with E-state index in [9.17, 15) is 36.6 Å². The van der Waals surface area contributed by atoms with Gasteiger partial charge in [-0.1, -0.05) is 6.07 Å². The van der Waals surface area contributed by atoms with Crippen molar-refractivity contribution in [2.24, 2.45) is 0 Å². The van der Waals surface area contributed by atoms with E-state index in [1.54, 1.807) is 0 Å². The van der Waals surface area contributed by atoms with Gasteiger partial charge in [0.05, 0.1) is 11.0 Å². The van der Waals surface area contributed by atoms with Crippen LogP contribution in [0.2, 0.25) is 0 Å². The van der Waals surface area contributed by atoms with Gasteiger partial charge < -0.3 is 14.9 Å². The van der Waals surface area contributed by atoms with Crippen molar-refractivity contribution in [1.82, 2.24) is 0 Å². The van der Waals surface area contributed by atoms with Gasteiger partial charge in [0.15, 0.2) is 0 Å². The van der Waals surface area contributed by atoms with E-state index in [4.69, 9.17) is 4.74 Å². The molecule has 27 heavy (non-hydrogen) atoms. The molecule has 0 aliphatic heterocycles. The average molecular weight is 392 g/mol. The molecule has 146 valence electrons. The molecule has 1 aliphatic rings. The lowest BCUT2D eigenvalue weighted by Gasteiger charge is -2.33. The molecular weight excluding hydrogens is 378 g/mol. The minimum Gasteiger partial charge on any atom is -0.457 e. The van der Waals surface area contributed by atoms with Gasteiger partial charge in [-0.25, -0.2) is 17.6 Å². The summed E-state index contributed by atoms with van der Waals surface area (Å²) in [4.78, 5) is 0. The maximum Gasteiger partial charge on any atom is 0.313 e. The SMILES string of the molecule is CC1(C)c2ccc(Oc3cc(F)cc(F)c3)c(C(F)F)c2C(O)(O)C1(F)F. The summed E-state index contributed by atoms with van der Waals surface area (Å²) in [6.07, 6.45) is -3.43. The number of hydrogen-bond donors (Lipinski definition) is 2. The summed E-state index contributed by atoms with van der Waals surface area (Å²) in [6, 6.07) is 3.85. The first-order valence-corrected chi connectivity index (χ1v) is 7.73. The fourth-order valence-electron chi connectivity index (χ4n) is 3.28. The molecule has 0 spiro atoms. The van der Waals surface area contributed by atoms with E-state index in [0.717, 1.165) is 26.0 Å². The Kier molecular flexibility index (Phi) is 4.24. The van der Waals surface area contributed by atoms with E-state index in [1.165, 1.54) is 0 Å². The summed E-state index contributed by atoms with van der Waals surface area (Å²) in [6.45, 7) is 1.97. The second-order valence-corrected chi connectivity index (χ2v) is 6.78. The summed E-state index contributed by atoms with van der Waals surface area (Å²) in [5.41, 5.74) is -4.83. The molecule has 1 aliphatic carbocycles. The maximum atomic E-state index is 14.5. The first-order valence-electron chi connectivity index (χ1n) is 7.73. The van der Waals surface area contributed by atoms with Gasteiger partial charge in [-0.2, -0.15) is 8.78 Å². The Labute approximate surface area is 149 Å². The third kappa shape index (κ3) is 2.68. The molecule has 9 heteroatoms. The first-order chi connectivity index (χ1) is 12.3. The van der Waals surface area contributed by atoms with E-state index >= 15 is 0 Å². The van der Waals surface area contributed by atoms with Crippen LogP contribution in [-0.2, 0) is 11.2 Å². The van der Waals surface area contributed by atoms with Crippen LogP contribution in [0.5, 0.6) is 11.5 Å². The molecule has 0 radical (unpaired) electrons. The monoisotopic (exact) mass is 392 g/mol. The van der Waals surface area contributed by atoms with Crippen molar-refractivity contribution in [2.75, 3.05) is 0 Å². The van der Waals surface area contributed by atoms with E-state index in [2.05, 4.69) is 0 Å². The van der Waals surface area contributed by atoms with Crippen molar-refractivity contribution in [3.8, 4) is 11.5 Å². The minimum absolute atomic E-state index is 0.398. The van der Waals surface area contributed by atoms with Gasteiger partial charge in [0.1, 0.15) is 23.1 Å². The van der Waals surface area contributed by atoms with Crippen LogP contribution in [0.4, 0.5) is 26.3 Å². The molecule has 0 heterocycles. The van der Waals surface area contributed by atoms with Crippen LogP contribution in [0.25, 0.3) is 0 Å². The molecule has 0 amide bonds. The number of alkyl halides is 4. The highest BCUT2D eigenvalue weighted by Crippen LogP contribution is 2.60. The quantitative estimate of drug-likeness (QED) is 0.585. The zero-order valence-corrected chi connectivity index (χ0v) is 14.0. The number of ether oxygens (including phenoxy) is 1. The van der Waals surface area contributed by atoms with Crippen LogP contribution in [0.15, 0.2) is 30.3 Å². The number of benzene rings is 2. The Bertz CT molecular complexity index is 888. The highest BCUT2D eigenvalue weighted by atomic mass is 19.3. The van der Waals surface area contributed by atoms with Crippen LogP contribution in [0.1, 0.15) is 37.0 Å². The molecule has 3 rings (SSSR count).